The summed E-state index contributed by atoms with van der Waals surface area (Å²) in [6, 6.07) is 11.5. The molecule has 0 saturated heterocycles. The van der Waals surface area contributed by atoms with Crippen LogP contribution in [0.25, 0.3) is 11.3 Å². The first-order chi connectivity index (χ1) is 9.72. The van der Waals surface area contributed by atoms with Crippen molar-refractivity contribution in [1.82, 2.24) is 14.8 Å². The van der Waals surface area contributed by atoms with Gasteiger partial charge in [0.15, 0.2) is 0 Å². The Morgan fingerprint density at radius 3 is 2.65 bits per heavy atom. The van der Waals surface area contributed by atoms with E-state index >= 15 is 0 Å². The van der Waals surface area contributed by atoms with Crippen molar-refractivity contribution in [2.75, 3.05) is 5.73 Å². The van der Waals surface area contributed by atoms with E-state index in [1.807, 2.05) is 47.3 Å². The predicted molar refractivity (Wildman–Crippen MR) is 80.4 cm³/mol. The molecule has 1 aromatic carbocycles. The number of halogens is 1. The average Bonchev–Trinajstić information content (AvgIpc) is 2.83. The zero-order valence-electron chi connectivity index (χ0n) is 10.7. The number of aromatic nitrogens is 3. The summed E-state index contributed by atoms with van der Waals surface area (Å²) in [6.07, 6.45) is 5.31. The second-order valence-electron chi connectivity index (χ2n) is 4.50. The summed E-state index contributed by atoms with van der Waals surface area (Å²) in [5.41, 5.74) is 9.46. The van der Waals surface area contributed by atoms with Gasteiger partial charge >= 0.3 is 0 Å². The highest BCUT2D eigenvalue weighted by atomic mass is 35.5. The Morgan fingerprint density at radius 2 is 1.95 bits per heavy atom. The van der Waals surface area contributed by atoms with E-state index in [0.717, 1.165) is 21.8 Å². The Hall–Kier alpha value is -2.33. The maximum atomic E-state index is 6.02. The standard InChI is InChI=1S/C15H13ClN4/c16-13-5-3-11(4-6-13)9-20-10-14(17)15(19-20)12-2-1-7-18-8-12/h1-8,10H,9,17H2. The van der Waals surface area contributed by atoms with Crippen LogP contribution in [0.15, 0.2) is 55.0 Å². The molecule has 0 radical (unpaired) electrons. The molecule has 0 fully saturated rings. The van der Waals surface area contributed by atoms with Gasteiger partial charge in [-0.15, -0.1) is 0 Å². The lowest BCUT2D eigenvalue weighted by Gasteiger charge is -2.01. The second kappa shape index (κ2) is 5.35. The van der Waals surface area contributed by atoms with Crippen LogP contribution in [0.5, 0.6) is 0 Å². The van der Waals surface area contributed by atoms with Crippen molar-refractivity contribution in [1.29, 1.82) is 0 Å². The van der Waals surface area contributed by atoms with E-state index in [-0.39, 0.29) is 0 Å². The summed E-state index contributed by atoms with van der Waals surface area (Å²) >= 11 is 5.87. The van der Waals surface area contributed by atoms with Gasteiger partial charge in [0.05, 0.1) is 12.2 Å². The van der Waals surface area contributed by atoms with Crippen molar-refractivity contribution in [3.63, 3.8) is 0 Å². The Bertz CT molecular complexity index is 704. The van der Waals surface area contributed by atoms with E-state index in [1.54, 1.807) is 12.4 Å². The highest BCUT2D eigenvalue weighted by molar-refractivity contribution is 6.30. The monoisotopic (exact) mass is 284 g/mol. The molecule has 0 spiro atoms. The number of anilines is 1. The SMILES string of the molecule is Nc1cn(Cc2ccc(Cl)cc2)nc1-c1cccnc1. The minimum absolute atomic E-state index is 0.645. The molecule has 2 N–H and O–H groups in total. The third-order valence-electron chi connectivity index (χ3n) is 2.98. The van der Waals surface area contributed by atoms with E-state index in [1.165, 1.54) is 0 Å². The first-order valence-electron chi connectivity index (χ1n) is 6.20. The topological polar surface area (TPSA) is 56.7 Å². The molecule has 2 aromatic heterocycles. The lowest BCUT2D eigenvalue weighted by atomic mass is 10.2. The molecule has 0 aliphatic carbocycles. The van der Waals surface area contributed by atoms with E-state index in [0.29, 0.717) is 12.2 Å². The Kier molecular flexibility index (Phi) is 3.39. The van der Waals surface area contributed by atoms with E-state index in [4.69, 9.17) is 17.3 Å². The van der Waals surface area contributed by atoms with E-state index in [9.17, 15) is 0 Å². The molecule has 0 atom stereocenters. The third-order valence-corrected chi connectivity index (χ3v) is 3.23. The number of benzene rings is 1. The summed E-state index contributed by atoms with van der Waals surface area (Å²) in [6.45, 7) is 0.654. The maximum Gasteiger partial charge on any atom is 0.117 e. The second-order valence-corrected chi connectivity index (χ2v) is 4.94. The number of nitrogens with two attached hydrogens (primary N) is 1. The third kappa shape index (κ3) is 2.65. The molecule has 100 valence electrons. The molecular weight excluding hydrogens is 272 g/mol. The van der Waals surface area contributed by atoms with Crippen molar-refractivity contribution in [3.05, 3.63) is 65.6 Å². The average molecular weight is 285 g/mol. The summed E-state index contributed by atoms with van der Waals surface area (Å²) < 4.78 is 1.82. The van der Waals surface area contributed by atoms with Gasteiger partial charge in [-0.05, 0) is 29.8 Å². The first kappa shape index (κ1) is 12.7. The van der Waals surface area contributed by atoms with Crippen molar-refractivity contribution >= 4 is 17.3 Å². The molecule has 20 heavy (non-hydrogen) atoms. The molecule has 2 heterocycles. The normalized spacial score (nSPS) is 10.7. The Labute approximate surface area is 121 Å². The quantitative estimate of drug-likeness (QED) is 0.803. The maximum absolute atomic E-state index is 6.02. The molecule has 0 bridgehead atoms. The van der Waals surface area contributed by atoms with Crippen LogP contribution in [0.1, 0.15) is 5.56 Å². The fourth-order valence-corrected chi connectivity index (χ4v) is 2.15. The molecule has 3 aromatic rings. The molecule has 0 saturated carbocycles. The molecule has 0 aliphatic heterocycles. The Morgan fingerprint density at radius 1 is 1.15 bits per heavy atom. The molecule has 4 nitrogen and oxygen atoms in total. The predicted octanol–water partition coefficient (Wildman–Crippen LogP) is 3.23. The van der Waals surface area contributed by atoms with Gasteiger partial charge in [-0.1, -0.05) is 23.7 Å². The largest absolute Gasteiger partial charge is 0.396 e. The lowest BCUT2D eigenvalue weighted by molar-refractivity contribution is 0.689. The van der Waals surface area contributed by atoms with E-state index < -0.39 is 0 Å². The van der Waals surface area contributed by atoms with Crippen LogP contribution in [0, 0.1) is 0 Å². The lowest BCUT2D eigenvalue weighted by Crippen LogP contribution is -2.00. The number of hydrogen-bond donors (Lipinski definition) is 1. The van der Waals surface area contributed by atoms with Gasteiger partial charge in [-0.2, -0.15) is 5.10 Å². The molecule has 3 rings (SSSR count). The number of hydrogen-bond acceptors (Lipinski definition) is 3. The van der Waals surface area contributed by atoms with Crippen LogP contribution >= 0.6 is 11.6 Å². The van der Waals surface area contributed by atoms with Crippen LogP contribution < -0.4 is 5.73 Å². The zero-order valence-corrected chi connectivity index (χ0v) is 11.5. The van der Waals surface area contributed by atoms with Crippen molar-refractivity contribution < 1.29 is 0 Å². The van der Waals surface area contributed by atoms with Gasteiger partial charge in [0, 0.05) is 29.2 Å². The first-order valence-corrected chi connectivity index (χ1v) is 6.58. The molecular formula is C15H13ClN4. The van der Waals surface area contributed by atoms with Crippen molar-refractivity contribution in [3.8, 4) is 11.3 Å². The molecule has 5 heteroatoms. The van der Waals surface area contributed by atoms with E-state index in [2.05, 4.69) is 10.1 Å². The van der Waals surface area contributed by atoms with Crippen LogP contribution in [0.2, 0.25) is 5.02 Å². The molecule has 0 aliphatic rings. The Balaban J connectivity index is 1.87. The summed E-state index contributed by atoms with van der Waals surface area (Å²) in [5, 5.41) is 5.24. The smallest absolute Gasteiger partial charge is 0.117 e. The summed E-state index contributed by atoms with van der Waals surface area (Å²) in [4.78, 5) is 4.09. The number of nitrogens with zero attached hydrogens (tertiary/aromatic N) is 3. The summed E-state index contributed by atoms with van der Waals surface area (Å²) in [7, 11) is 0. The van der Waals surface area contributed by atoms with Gasteiger partial charge in [-0.25, -0.2) is 0 Å². The number of pyridine rings is 1. The fraction of sp³-hybridized carbons (Fsp3) is 0.0667. The van der Waals surface area contributed by atoms with Gasteiger partial charge in [0.25, 0.3) is 0 Å². The number of rotatable bonds is 3. The van der Waals surface area contributed by atoms with Crippen LogP contribution in [0.3, 0.4) is 0 Å². The van der Waals surface area contributed by atoms with Gasteiger partial charge in [0.1, 0.15) is 5.69 Å². The fourth-order valence-electron chi connectivity index (χ4n) is 2.02. The summed E-state index contributed by atoms with van der Waals surface area (Å²) in [5.74, 6) is 0. The van der Waals surface area contributed by atoms with Gasteiger partial charge < -0.3 is 5.73 Å². The minimum Gasteiger partial charge on any atom is -0.396 e. The highest BCUT2D eigenvalue weighted by Gasteiger charge is 2.08. The minimum atomic E-state index is 0.645. The molecule has 0 amide bonds. The van der Waals surface area contributed by atoms with Gasteiger partial charge in [-0.3, -0.25) is 9.67 Å². The van der Waals surface area contributed by atoms with Crippen molar-refractivity contribution in [2.45, 2.75) is 6.54 Å². The van der Waals surface area contributed by atoms with Crippen LogP contribution in [-0.2, 0) is 6.54 Å². The van der Waals surface area contributed by atoms with Gasteiger partial charge in [0.2, 0.25) is 0 Å². The number of nitrogen functional groups attached to an aromatic ring is 1. The van der Waals surface area contributed by atoms with Crippen molar-refractivity contribution in [2.24, 2.45) is 0 Å². The highest BCUT2D eigenvalue weighted by Crippen LogP contribution is 2.23. The van der Waals surface area contributed by atoms with Crippen LogP contribution in [-0.4, -0.2) is 14.8 Å². The molecule has 0 unspecified atom stereocenters. The zero-order chi connectivity index (χ0) is 13.9. The van der Waals surface area contributed by atoms with Crippen LogP contribution in [0.4, 0.5) is 5.69 Å².